The van der Waals surface area contributed by atoms with E-state index in [1.54, 1.807) is 57.2 Å². The van der Waals surface area contributed by atoms with Crippen LogP contribution >= 0.6 is 0 Å². The Hall–Kier alpha value is -4.09. The summed E-state index contributed by atoms with van der Waals surface area (Å²) in [5, 5.41) is 10.7. The van der Waals surface area contributed by atoms with Crippen molar-refractivity contribution in [1.29, 1.82) is 0 Å². The van der Waals surface area contributed by atoms with Gasteiger partial charge < -0.3 is 35.5 Å². The van der Waals surface area contributed by atoms with E-state index in [-0.39, 0.29) is 25.9 Å². The first-order chi connectivity index (χ1) is 19.4. The van der Waals surface area contributed by atoms with Gasteiger partial charge in [-0.2, -0.15) is 0 Å². The Labute approximate surface area is 240 Å². The minimum atomic E-state index is -1.02. The molecule has 0 fully saturated rings. The number of fused-ring (bicyclic) bond motifs is 13. The van der Waals surface area contributed by atoms with Crippen LogP contribution in [0.3, 0.4) is 0 Å². The van der Waals surface area contributed by atoms with Gasteiger partial charge in [-0.15, -0.1) is 0 Å². The van der Waals surface area contributed by atoms with Crippen LogP contribution in [0.4, 0.5) is 4.79 Å². The van der Waals surface area contributed by atoms with E-state index in [2.05, 4.69) is 21.3 Å². The molecule has 0 aliphatic carbocycles. The van der Waals surface area contributed by atoms with E-state index in [4.69, 9.17) is 14.2 Å². The maximum atomic E-state index is 13.3. The number of hydrogen-bond donors (Lipinski definition) is 4. The Bertz CT molecular complexity index is 1080. The molecular weight excluding hydrogens is 532 g/mol. The molecule has 0 radical (unpaired) electrons. The summed E-state index contributed by atoms with van der Waals surface area (Å²) in [7, 11) is 1.22. The molecule has 3 rings (SSSR count). The minimum Gasteiger partial charge on any atom is -0.490 e. The standard InChI is InChI=1S/C29H42N4O8/c1-19(34)31-24-18-20-12-14-21(15-13-20)40-17-9-7-11-23(27(37)39-5)33-25(35)22(32-26(24)36)10-6-8-16-30-28(38)41-29(2,3)4/h7,9,12-15,22-24H,6,8,10-11,16-18H2,1-5H3,(H,30,38)(H,31,34)(H,32,36)(H,33,35)/b9-7-/t22-,23-,24-/m0/s1. The highest BCUT2D eigenvalue weighted by Crippen LogP contribution is 2.15. The third-order valence-electron chi connectivity index (χ3n) is 5.96. The number of carbonyl (C=O) groups is 5. The van der Waals surface area contributed by atoms with Crippen molar-refractivity contribution in [1.82, 2.24) is 21.3 Å². The second kappa shape index (κ2) is 16.2. The number of alkyl carbamates (subject to hydrolysis) is 1. The molecule has 4 N–H and O–H groups in total. The summed E-state index contributed by atoms with van der Waals surface area (Å²) in [5.74, 6) is -1.55. The highest BCUT2D eigenvalue weighted by molar-refractivity contribution is 5.93. The molecule has 1 aromatic carbocycles. The van der Waals surface area contributed by atoms with Crippen molar-refractivity contribution >= 4 is 29.8 Å². The number of hydrogen-bond acceptors (Lipinski definition) is 8. The third-order valence-corrected chi connectivity index (χ3v) is 5.96. The van der Waals surface area contributed by atoms with Crippen LogP contribution in [0.1, 0.15) is 58.9 Å². The van der Waals surface area contributed by atoms with Crippen LogP contribution in [0.2, 0.25) is 0 Å². The molecule has 0 unspecified atom stereocenters. The zero-order valence-corrected chi connectivity index (χ0v) is 24.4. The summed E-state index contributed by atoms with van der Waals surface area (Å²) < 4.78 is 15.8. The van der Waals surface area contributed by atoms with Crippen molar-refractivity contribution in [2.24, 2.45) is 0 Å². The van der Waals surface area contributed by atoms with E-state index in [9.17, 15) is 24.0 Å². The van der Waals surface area contributed by atoms with Gasteiger partial charge in [-0.1, -0.05) is 24.3 Å². The topological polar surface area (TPSA) is 161 Å². The van der Waals surface area contributed by atoms with E-state index >= 15 is 0 Å². The summed E-state index contributed by atoms with van der Waals surface area (Å²) in [6, 6.07) is 4.18. The normalized spacial score (nSPS) is 20.9. The van der Waals surface area contributed by atoms with Gasteiger partial charge in [0.1, 0.15) is 36.1 Å². The van der Waals surface area contributed by atoms with Crippen LogP contribution < -0.4 is 26.0 Å². The maximum absolute atomic E-state index is 13.3. The molecule has 0 saturated heterocycles. The SMILES string of the molecule is COC(=O)[C@@H]1C/C=C\COc2ccc(cc2)C[C@H](NC(C)=O)C(=O)N[C@@H](CCCCNC(=O)OC(C)(C)C)C(=O)N1. The molecule has 226 valence electrons. The molecule has 0 saturated carbocycles. The van der Waals surface area contributed by atoms with E-state index in [1.165, 1.54) is 14.0 Å². The first-order valence-electron chi connectivity index (χ1n) is 13.7. The molecule has 2 aliphatic rings. The van der Waals surface area contributed by atoms with Gasteiger partial charge in [0.15, 0.2) is 0 Å². The average molecular weight is 575 g/mol. The van der Waals surface area contributed by atoms with Gasteiger partial charge in [-0.05, 0) is 64.2 Å². The van der Waals surface area contributed by atoms with Crippen LogP contribution in [0.5, 0.6) is 5.75 Å². The first-order valence-corrected chi connectivity index (χ1v) is 13.7. The first kappa shape index (κ1) is 33.1. The van der Waals surface area contributed by atoms with Crippen LogP contribution in [-0.4, -0.2) is 73.8 Å². The van der Waals surface area contributed by atoms with E-state index < -0.39 is 53.5 Å². The molecule has 12 nitrogen and oxygen atoms in total. The number of rotatable bonds is 7. The fourth-order valence-corrected chi connectivity index (χ4v) is 4.00. The highest BCUT2D eigenvalue weighted by Gasteiger charge is 2.29. The Morgan fingerprint density at radius 1 is 1.02 bits per heavy atom. The van der Waals surface area contributed by atoms with E-state index in [0.29, 0.717) is 25.1 Å². The number of esters is 1. The van der Waals surface area contributed by atoms with Gasteiger partial charge in [0, 0.05) is 19.9 Å². The number of nitrogens with one attached hydrogen (secondary N) is 4. The molecule has 0 aromatic heterocycles. The monoisotopic (exact) mass is 574 g/mol. The van der Waals surface area contributed by atoms with Crippen LogP contribution in [0, 0.1) is 0 Å². The number of ether oxygens (including phenoxy) is 3. The zero-order chi connectivity index (χ0) is 30.4. The van der Waals surface area contributed by atoms with Gasteiger partial charge in [-0.25, -0.2) is 9.59 Å². The van der Waals surface area contributed by atoms with Gasteiger partial charge in [0.05, 0.1) is 7.11 Å². The zero-order valence-electron chi connectivity index (χ0n) is 24.4. The number of unbranched alkanes of at least 4 members (excludes halogenated alkanes) is 1. The third kappa shape index (κ3) is 12.7. The van der Waals surface area contributed by atoms with Gasteiger partial charge in [-0.3, -0.25) is 14.4 Å². The lowest BCUT2D eigenvalue weighted by atomic mass is 10.0. The Morgan fingerprint density at radius 3 is 2.37 bits per heavy atom. The van der Waals surface area contributed by atoms with Crippen molar-refractivity contribution in [2.75, 3.05) is 20.3 Å². The van der Waals surface area contributed by atoms with Crippen LogP contribution in [0.25, 0.3) is 0 Å². The van der Waals surface area contributed by atoms with Crippen molar-refractivity contribution < 1.29 is 38.2 Å². The second-order valence-electron chi connectivity index (χ2n) is 10.7. The maximum Gasteiger partial charge on any atom is 0.407 e. The van der Waals surface area contributed by atoms with Crippen molar-refractivity contribution in [2.45, 2.75) is 83.5 Å². The summed E-state index contributed by atoms with van der Waals surface area (Å²) in [6.07, 6.45) is 4.40. The number of amides is 4. The molecule has 2 bridgehead atoms. The summed E-state index contributed by atoms with van der Waals surface area (Å²) in [5.41, 5.74) is 0.159. The van der Waals surface area contributed by atoms with Crippen LogP contribution in [-0.2, 0) is 35.1 Å². The van der Waals surface area contributed by atoms with Gasteiger partial charge in [0.25, 0.3) is 0 Å². The number of benzene rings is 1. The smallest absolute Gasteiger partial charge is 0.407 e. The Morgan fingerprint density at radius 2 is 1.73 bits per heavy atom. The van der Waals surface area contributed by atoms with Crippen molar-refractivity contribution in [3.05, 3.63) is 42.0 Å². The minimum absolute atomic E-state index is 0.149. The lowest BCUT2D eigenvalue weighted by Gasteiger charge is -2.25. The fourth-order valence-electron chi connectivity index (χ4n) is 4.00. The van der Waals surface area contributed by atoms with Gasteiger partial charge >= 0.3 is 12.1 Å². The lowest BCUT2D eigenvalue weighted by molar-refractivity contribution is -0.145. The van der Waals surface area contributed by atoms with Crippen molar-refractivity contribution in [3.8, 4) is 5.75 Å². The molecule has 12 heteroatoms. The largest absolute Gasteiger partial charge is 0.490 e. The predicted octanol–water partition coefficient (Wildman–Crippen LogP) is 1.91. The molecular formula is C29H42N4O8. The molecule has 0 spiro atoms. The summed E-state index contributed by atoms with van der Waals surface area (Å²) in [4.78, 5) is 62.9. The van der Waals surface area contributed by atoms with E-state index in [0.717, 1.165) is 5.56 Å². The number of carbonyl (C=O) groups excluding carboxylic acids is 5. The number of methoxy groups -OCH3 is 1. The molecule has 2 aliphatic heterocycles. The lowest BCUT2D eigenvalue weighted by Crippen LogP contribution is -2.56. The predicted molar refractivity (Wildman–Crippen MR) is 151 cm³/mol. The van der Waals surface area contributed by atoms with Gasteiger partial charge in [0.2, 0.25) is 17.7 Å². The molecule has 4 amide bonds. The molecule has 2 heterocycles. The quantitative estimate of drug-likeness (QED) is 0.218. The average Bonchev–Trinajstić information content (AvgIpc) is 2.89. The second-order valence-corrected chi connectivity index (χ2v) is 10.7. The van der Waals surface area contributed by atoms with Crippen LogP contribution in [0.15, 0.2) is 36.4 Å². The summed E-state index contributed by atoms with van der Waals surface area (Å²) >= 11 is 0. The Balaban J connectivity index is 2.22. The Kier molecular flexibility index (Phi) is 13.1. The molecule has 3 atom stereocenters. The molecule has 1 aromatic rings. The molecule has 41 heavy (non-hydrogen) atoms. The van der Waals surface area contributed by atoms with Crippen molar-refractivity contribution in [3.63, 3.8) is 0 Å². The van der Waals surface area contributed by atoms with E-state index in [1.807, 2.05) is 0 Å². The summed E-state index contributed by atoms with van der Waals surface area (Å²) in [6.45, 7) is 7.15. The fraction of sp³-hybridized carbons (Fsp3) is 0.552. The highest BCUT2D eigenvalue weighted by atomic mass is 16.6.